The molecule has 3 aromatic rings. The van der Waals surface area contributed by atoms with Gasteiger partial charge in [0.1, 0.15) is 24.0 Å². The molecule has 0 spiro atoms. The summed E-state index contributed by atoms with van der Waals surface area (Å²) in [5, 5.41) is 10.0. The molecule has 1 fully saturated rings. The lowest BCUT2D eigenvalue weighted by Gasteiger charge is -2.30. The summed E-state index contributed by atoms with van der Waals surface area (Å²) in [6, 6.07) is 9.58. The van der Waals surface area contributed by atoms with Gasteiger partial charge in [0.15, 0.2) is 0 Å². The maximum atomic E-state index is 13.8. The Morgan fingerprint density at radius 2 is 2.25 bits per heavy atom. The molecule has 0 bridgehead atoms. The maximum Gasteiger partial charge on any atom is 0.143 e. The van der Waals surface area contributed by atoms with E-state index < -0.39 is 6.17 Å². The fourth-order valence-corrected chi connectivity index (χ4v) is 3.29. The summed E-state index contributed by atoms with van der Waals surface area (Å²) in [6.07, 6.45) is 3.97. The maximum absolute atomic E-state index is 13.8. The highest BCUT2D eigenvalue weighted by Crippen LogP contribution is 2.35. The molecule has 120 valence electrons. The van der Waals surface area contributed by atoms with Crippen molar-refractivity contribution >= 4 is 16.9 Å². The second-order valence-corrected chi connectivity index (χ2v) is 6.00. The van der Waals surface area contributed by atoms with Crippen LogP contribution in [0, 0.1) is 11.3 Å². The zero-order valence-electron chi connectivity index (χ0n) is 13.0. The van der Waals surface area contributed by atoms with Crippen LogP contribution in [0.1, 0.15) is 18.4 Å². The molecule has 1 aliphatic rings. The summed E-state index contributed by atoms with van der Waals surface area (Å²) in [4.78, 5) is 13.9. The van der Waals surface area contributed by atoms with Gasteiger partial charge in [0.05, 0.1) is 23.6 Å². The van der Waals surface area contributed by atoms with Gasteiger partial charge in [-0.05, 0) is 30.5 Å². The third-order valence-corrected chi connectivity index (χ3v) is 4.42. The molecule has 1 saturated heterocycles. The van der Waals surface area contributed by atoms with Crippen molar-refractivity contribution in [2.45, 2.75) is 19.0 Å². The van der Waals surface area contributed by atoms with E-state index in [1.807, 2.05) is 29.3 Å². The Kier molecular flexibility index (Phi) is 3.62. The Morgan fingerprint density at radius 3 is 3.08 bits per heavy atom. The number of benzene rings is 1. The van der Waals surface area contributed by atoms with E-state index in [1.54, 1.807) is 6.07 Å². The Balaban J connectivity index is 1.87. The zero-order chi connectivity index (χ0) is 16.5. The van der Waals surface area contributed by atoms with Crippen LogP contribution in [0.25, 0.3) is 22.2 Å². The summed E-state index contributed by atoms with van der Waals surface area (Å²) < 4.78 is 13.8. The average Bonchev–Trinajstić information content (AvgIpc) is 3.06. The molecular formula is C18H16FN5. The number of H-pyrrole nitrogens is 1. The number of nitrogens with one attached hydrogen (secondary N) is 1. The van der Waals surface area contributed by atoms with Gasteiger partial charge in [0.2, 0.25) is 0 Å². The summed E-state index contributed by atoms with van der Waals surface area (Å²) in [6.45, 7) is 1.14. The van der Waals surface area contributed by atoms with E-state index in [2.05, 4.69) is 21.0 Å². The smallest absolute Gasteiger partial charge is 0.143 e. The van der Waals surface area contributed by atoms with Crippen LogP contribution in [-0.2, 0) is 0 Å². The van der Waals surface area contributed by atoms with Gasteiger partial charge in [-0.3, -0.25) is 0 Å². The second kappa shape index (κ2) is 5.93. The fraction of sp³-hybridized carbons (Fsp3) is 0.278. The van der Waals surface area contributed by atoms with E-state index in [9.17, 15) is 4.39 Å². The van der Waals surface area contributed by atoms with Crippen LogP contribution in [0.3, 0.4) is 0 Å². The quantitative estimate of drug-likeness (QED) is 0.785. The van der Waals surface area contributed by atoms with Gasteiger partial charge in [0, 0.05) is 18.3 Å². The summed E-state index contributed by atoms with van der Waals surface area (Å²) >= 11 is 0. The molecule has 1 aromatic carbocycles. The van der Waals surface area contributed by atoms with E-state index >= 15 is 0 Å². The first-order valence-corrected chi connectivity index (χ1v) is 7.98. The zero-order valence-corrected chi connectivity index (χ0v) is 13.0. The van der Waals surface area contributed by atoms with Crippen LogP contribution in [0.2, 0.25) is 0 Å². The van der Waals surface area contributed by atoms with Crippen molar-refractivity contribution in [2.75, 3.05) is 18.0 Å². The summed E-state index contributed by atoms with van der Waals surface area (Å²) in [5.41, 5.74) is 3.17. The average molecular weight is 321 g/mol. The minimum atomic E-state index is -0.826. The van der Waals surface area contributed by atoms with Crippen LogP contribution < -0.4 is 4.90 Å². The SMILES string of the molecule is N#Cc1cccc(-c2c[nH]c3ncnc(N4CCCC(F)C4)c23)c1. The summed E-state index contributed by atoms with van der Waals surface area (Å²) in [7, 11) is 0. The molecular weight excluding hydrogens is 305 g/mol. The number of rotatable bonds is 2. The number of nitrogens with zero attached hydrogens (tertiary/aromatic N) is 4. The minimum absolute atomic E-state index is 0.356. The monoisotopic (exact) mass is 321 g/mol. The van der Waals surface area contributed by atoms with Crippen molar-refractivity contribution in [3.05, 3.63) is 42.4 Å². The lowest BCUT2D eigenvalue weighted by atomic mass is 10.0. The molecule has 3 heterocycles. The Hall–Kier alpha value is -2.94. The molecule has 1 N–H and O–H groups in total. The Bertz CT molecular complexity index is 927. The molecule has 6 heteroatoms. The molecule has 0 saturated carbocycles. The second-order valence-electron chi connectivity index (χ2n) is 6.00. The van der Waals surface area contributed by atoms with E-state index in [4.69, 9.17) is 5.26 Å². The van der Waals surface area contributed by atoms with Crippen LogP contribution in [-0.4, -0.2) is 34.2 Å². The number of aromatic amines is 1. The molecule has 24 heavy (non-hydrogen) atoms. The highest BCUT2D eigenvalue weighted by molar-refractivity contribution is 6.01. The van der Waals surface area contributed by atoms with Crippen molar-refractivity contribution in [1.29, 1.82) is 5.26 Å². The molecule has 0 amide bonds. The highest BCUT2D eigenvalue weighted by atomic mass is 19.1. The van der Waals surface area contributed by atoms with Gasteiger partial charge < -0.3 is 9.88 Å². The van der Waals surface area contributed by atoms with Crippen LogP contribution in [0.4, 0.5) is 10.2 Å². The first kappa shape index (κ1) is 14.6. The first-order chi connectivity index (χ1) is 11.8. The molecule has 1 aliphatic heterocycles. The predicted octanol–water partition coefficient (Wildman–Crippen LogP) is 3.43. The number of piperidine rings is 1. The third kappa shape index (κ3) is 2.48. The lowest BCUT2D eigenvalue weighted by Crippen LogP contribution is -2.37. The number of nitriles is 1. The lowest BCUT2D eigenvalue weighted by molar-refractivity contribution is 0.286. The normalized spacial score (nSPS) is 17.8. The van der Waals surface area contributed by atoms with Gasteiger partial charge in [-0.1, -0.05) is 12.1 Å². The molecule has 1 unspecified atom stereocenters. The van der Waals surface area contributed by atoms with Gasteiger partial charge in [-0.2, -0.15) is 5.26 Å². The molecule has 0 radical (unpaired) electrons. The van der Waals surface area contributed by atoms with E-state index in [1.165, 1.54) is 6.33 Å². The molecule has 2 aromatic heterocycles. The number of hydrogen-bond acceptors (Lipinski definition) is 4. The molecule has 1 atom stereocenters. The predicted molar refractivity (Wildman–Crippen MR) is 90.4 cm³/mol. The molecule has 5 nitrogen and oxygen atoms in total. The Morgan fingerprint density at radius 1 is 1.33 bits per heavy atom. The fourth-order valence-electron chi connectivity index (χ4n) is 3.29. The minimum Gasteiger partial charge on any atom is -0.353 e. The summed E-state index contributed by atoms with van der Waals surface area (Å²) in [5.74, 6) is 0.751. The topological polar surface area (TPSA) is 68.6 Å². The molecule has 0 aliphatic carbocycles. The van der Waals surface area contributed by atoms with Gasteiger partial charge in [0.25, 0.3) is 0 Å². The highest BCUT2D eigenvalue weighted by Gasteiger charge is 2.23. The van der Waals surface area contributed by atoms with Crippen LogP contribution in [0.5, 0.6) is 0 Å². The van der Waals surface area contributed by atoms with E-state index in [0.29, 0.717) is 18.5 Å². The number of hydrogen-bond donors (Lipinski definition) is 1. The molecule has 4 rings (SSSR count). The number of fused-ring (bicyclic) bond motifs is 1. The number of alkyl halides is 1. The van der Waals surface area contributed by atoms with Crippen molar-refractivity contribution in [1.82, 2.24) is 15.0 Å². The van der Waals surface area contributed by atoms with Crippen molar-refractivity contribution in [3.63, 3.8) is 0 Å². The third-order valence-electron chi connectivity index (χ3n) is 4.42. The van der Waals surface area contributed by atoms with Crippen molar-refractivity contribution in [2.24, 2.45) is 0 Å². The largest absolute Gasteiger partial charge is 0.353 e. The Labute approximate surface area is 138 Å². The van der Waals surface area contributed by atoms with Crippen molar-refractivity contribution in [3.8, 4) is 17.2 Å². The van der Waals surface area contributed by atoms with Crippen molar-refractivity contribution < 1.29 is 4.39 Å². The number of anilines is 1. The number of halogens is 1. The first-order valence-electron chi connectivity index (χ1n) is 7.98. The van der Waals surface area contributed by atoms with Gasteiger partial charge in [-0.15, -0.1) is 0 Å². The van der Waals surface area contributed by atoms with Crippen LogP contribution in [0.15, 0.2) is 36.8 Å². The number of aromatic nitrogens is 3. The van der Waals surface area contributed by atoms with Gasteiger partial charge >= 0.3 is 0 Å². The van der Waals surface area contributed by atoms with Crippen LogP contribution >= 0.6 is 0 Å². The van der Waals surface area contributed by atoms with E-state index in [0.717, 1.165) is 40.9 Å². The standard InChI is InChI=1S/C18H16FN5/c19-14-5-2-6-24(10-14)18-16-15(9-21-17(16)22-11-23-18)13-4-1-3-12(7-13)8-20/h1,3-4,7,9,11,14H,2,5-6,10H2,(H,21,22,23). The van der Waals surface area contributed by atoms with Gasteiger partial charge in [-0.25, -0.2) is 14.4 Å². The van der Waals surface area contributed by atoms with E-state index in [-0.39, 0.29) is 0 Å².